The van der Waals surface area contributed by atoms with Crippen molar-refractivity contribution < 1.29 is 9.15 Å². The third kappa shape index (κ3) is 4.54. The van der Waals surface area contributed by atoms with Crippen LogP contribution in [0.25, 0.3) is 0 Å². The summed E-state index contributed by atoms with van der Waals surface area (Å²) < 4.78 is 12.8. The second-order valence-corrected chi connectivity index (χ2v) is 4.29. The summed E-state index contributed by atoms with van der Waals surface area (Å²) in [4.78, 5) is 4.31. The van der Waals surface area contributed by atoms with Crippen molar-refractivity contribution in [3.8, 4) is 0 Å². The molecule has 2 rings (SSSR count). The lowest BCUT2D eigenvalue weighted by Crippen LogP contribution is -2.19. The van der Waals surface area contributed by atoms with Crippen molar-refractivity contribution in [1.82, 2.24) is 14.9 Å². The predicted molar refractivity (Wildman–Crippen MR) is 72.6 cm³/mol. The van der Waals surface area contributed by atoms with E-state index in [2.05, 4.69) is 21.8 Å². The van der Waals surface area contributed by atoms with E-state index >= 15 is 0 Å². The first-order valence-electron chi connectivity index (χ1n) is 6.71. The molecule has 0 atom stereocenters. The molecule has 2 aromatic heterocycles. The molecule has 0 bridgehead atoms. The molecule has 0 aliphatic carbocycles. The van der Waals surface area contributed by atoms with Crippen LogP contribution in [0, 0.1) is 0 Å². The van der Waals surface area contributed by atoms with Gasteiger partial charge in [-0.3, -0.25) is 0 Å². The zero-order chi connectivity index (χ0) is 13.3. The number of furan rings is 1. The number of rotatable bonds is 9. The molecule has 0 amide bonds. The van der Waals surface area contributed by atoms with Crippen molar-refractivity contribution in [1.29, 1.82) is 0 Å². The highest BCUT2D eigenvalue weighted by Crippen LogP contribution is 2.01. The Balaban J connectivity index is 1.50. The standard InChI is InChI=1S/C14H21N3O2/c1-2-17-8-7-16-14(17)11-15-6-4-9-18-12-13-5-3-10-19-13/h3,5,7-8,10,15H,2,4,6,9,11-12H2,1H3. The van der Waals surface area contributed by atoms with E-state index in [4.69, 9.17) is 9.15 Å². The smallest absolute Gasteiger partial charge is 0.129 e. The molecule has 0 aromatic carbocycles. The number of imidazole rings is 1. The molecule has 0 fully saturated rings. The van der Waals surface area contributed by atoms with Crippen LogP contribution in [0.4, 0.5) is 0 Å². The summed E-state index contributed by atoms with van der Waals surface area (Å²) in [6, 6.07) is 3.79. The topological polar surface area (TPSA) is 52.2 Å². The second-order valence-electron chi connectivity index (χ2n) is 4.29. The monoisotopic (exact) mass is 263 g/mol. The Kier molecular flexibility index (Phi) is 5.65. The molecule has 0 aliphatic rings. The molecule has 0 saturated carbocycles. The Labute approximate surface area is 113 Å². The molecule has 19 heavy (non-hydrogen) atoms. The largest absolute Gasteiger partial charge is 0.467 e. The molecule has 0 unspecified atom stereocenters. The number of aryl methyl sites for hydroxylation is 1. The fraction of sp³-hybridized carbons (Fsp3) is 0.500. The first-order chi connectivity index (χ1) is 9.40. The third-order valence-electron chi connectivity index (χ3n) is 2.89. The SMILES string of the molecule is CCn1ccnc1CNCCCOCc1ccco1. The fourth-order valence-electron chi connectivity index (χ4n) is 1.86. The molecule has 0 spiro atoms. The van der Waals surface area contributed by atoms with E-state index in [0.29, 0.717) is 6.61 Å². The van der Waals surface area contributed by atoms with Crippen molar-refractivity contribution >= 4 is 0 Å². The van der Waals surface area contributed by atoms with E-state index in [-0.39, 0.29) is 0 Å². The van der Waals surface area contributed by atoms with Crippen molar-refractivity contribution in [2.45, 2.75) is 33.0 Å². The Morgan fingerprint density at radius 1 is 1.47 bits per heavy atom. The van der Waals surface area contributed by atoms with Gasteiger partial charge in [-0.1, -0.05) is 0 Å². The minimum Gasteiger partial charge on any atom is -0.467 e. The summed E-state index contributed by atoms with van der Waals surface area (Å²) >= 11 is 0. The van der Waals surface area contributed by atoms with Crippen LogP contribution in [0.1, 0.15) is 24.9 Å². The molecule has 1 N–H and O–H groups in total. The van der Waals surface area contributed by atoms with Gasteiger partial charge in [0.15, 0.2) is 0 Å². The summed E-state index contributed by atoms with van der Waals surface area (Å²) in [5.74, 6) is 1.96. The number of nitrogens with zero attached hydrogens (tertiary/aromatic N) is 2. The number of hydrogen-bond acceptors (Lipinski definition) is 4. The number of ether oxygens (including phenoxy) is 1. The molecule has 0 aliphatic heterocycles. The molecular formula is C14H21N3O2. The van der Waals surface area contributed by atoms with Crippen molar-refractivity contribution in [2.24, 2.45) is 0 Å². The van der Waals surface area contributed by atoms with Crippen LogP contribution in [0.5, 0.6) is 0 Å². The summed E-state index contributed by atoms with van der Waals surface area (Å²) in [7, 11) is 0. The minimum atomic E-state index is 0.549. The van der Waals surface area contributed by atoms with Crippen molar-refractivity contribution in [3.63, 3.8) is 0 Å². The summed E-state index contributed by atoms with van der Waals surface area (Å²) in [5, 5.41) is 3.37. The van der Waals surface area contributed by atoms with Gasteiger partial charge < -0.3 is 19.0 Å². The minimum absolute atomic E-state index is 0.549. The normalized spacial score (nSPS) is 11.0. The molecule has 0 radical (unpaired) electrons. The molecule has 2 heterocycles. The van der Waals surface area contributed by atoms with Crippen LogP contribution in [0.15, 0.2) is 35.2 Å². The van der Waals surface area contributed by atoms with Gasteiger partial charge in [-0.05, 0) is 32.0 Å². The van der Waals surface area contributed by atoms with Gasteiger partial charge in [0.2, 0.25) is 0 Å². The molecule has 5 heteroatoms. The maximum absolute atomic E-state index is 5.51. The highest BCUT2D eigenvalue weighted by molar-refractivity contribution is 4.96. The van der Waals surface area contributed by atoms with Gasteiger partial charge in [0, 0.05) is 25.5 Å². The zero-order valence-corrected chi connectivity index (χ0v) is 11.3. The van der Waals surface area contributed by atoms with Crippen LogP contribution in [-0.2, 0) is 24.4 Å². The fourth-order valence-corrected chi connectivity index (χ4v) is 1.86. The van der Waals surface area contributed by atoms with Gasteiger partial charge in [0.25, 0.3) is 0 Å². The predicted octanol–water partition coefficient (Wildman–Crippen LogP) is 2.19. The highest BCUT2D eigenvalue weighted by atomic mass is 16.5. The van der Waals surface area contributed by atoms with E-state index in [1.165, 1.54) is 0 Å². The lowest BCUT2D eigenvalue weighted by atomic mass is 10.4. The Bertz CT molecular complexity index is 451. The lowest BCUT2D eigenvalue weighted by molar-refractivity contribution is 0.104. The Morgan fingerprint density at radius 3 is 3.21 bits per heavy atom. The zero-order valence-electron chi connectivity index (χ0n) is 11.3. The molecule has 104 valence electrons. The quantitative estimate of drug-likeness (QED) is 0.705. The Morgan fingerprint density at radius 2 is 2.42 bits per heavy atom. The van der Waals surface area contributed by atoms with E-state index in [1.54, 1.807) is 6.26 Å². The van der Waals surface area contributed by atoms with Gasteiger partial charge in [-0.2, -0.15) is 0 Å². The maximum Gasteiger partial charge on any atom is 0.129 e. The van der Waals surface area contributed by atoms with Crippen LogP contribution in [-0.4, -0.2) is 22.7 Å². The molecule has 0 saturated heterocycles. The van der Waals surface area contributed by atoms with E-state index in [0.717, 1.165) is 44.2 Å². The van der Waals surface area contributed by atoms with E-state index in [9.17, 15) is 0 Å². The van der Waals surface area contributed by atoms with Crippen LogP contribution in [0.2, 0.25) is 0 Å². The first-order valence-corrected chi connectivity index (χ1v) is 6.71. The summed E-state index contributed by atoms with van der Waals surface area (Å²) in [6.07, 6.45) is 6.49. The van der Waals surface area contributed by atoms with Gasteiger partial charge in [0.1, 0.15) is 18.2 Å². The number of nitrogens with one attached hydrogen (secondary N) is 1. The Hall–Kier alpha value is -1.59. The molecular weight excluding hydrogens is 242 g/mol. The van der Waals surface area contributed by atoms with E-state index in [1.807, 2.05) is 24.5 Å². The average molecular weight is 263 g/mol. The third-order valence-corrected chi connectivity index (χ3v) is 2.89. The van der Waals surface area contributed by atoms with Crippen LogP contribution >= 0.6 is 0 Å². The first kappa shape index (κ1) is 13.8. The maximum atomic E-state index is 5.51. The van der Waals surface area contributed by atoms with Crippen molar-refractivity contribution in [3.05, 3.63) is 42.4 Å². The molecule has 2 aromatic rings. The highest BCUT2D eigenvalue weighted by Gasteiger charge is 2.00. The average Bonchev–Trinajstić information content (AvgIpc) is 3.08. The number of aromatic nitrogens is 2. The van der Waals surface area contributed by atoms with Gasteiger partial charge in [-0.25, -0.2) is 4.98 Å². The van der Waals surface area contributed by atoms with Crippen LogP contribution < -0.4 is 5.32 Å². The summed E-state index contributed by atoms with van der Waals surface area (Å²) in [6.45, 7) is 6.09. The van der Waals surface area contributed by atoms with Crippen LogP contribution in [0.3, 0.4) is 0 Å². The lowest BCUT2D eigenvalue weighted by Gasteiger charge is -2.06. The molecule has 5 nitrogen and oxygen atoms in total. The van der Waals surface area contributed by atoms with Gasteiger partial charge in [0.05, 0.1) is 12.8 Å². The second kappa shape index (κ2) is 7.76. The number of hydrogen-bond donors (Lipinski definition) is 1. The van der Waals surface area contributed by atoms with E-state index < -0.39 is 0 Å². The van der Waals surface area contributed by atoms with Crippen molar-refractivity contribution in [2.75, 3.05) is 13.2 Å². The van der Waals surface area contributed by atoms with Gasteiger partial charge in [-0.15, -0.1) is 0 Å². The summed E-state index contributed by atoms with van der Waals surface area (Å²) in [5.41, 5.74) is 0. The van der Waals surface area contributed by atoms with Gasteiger partial charge >= 0.3 is 0 Å².